The fraction of sp³-hybridized carbons (Fsp3) is 0.167. The Hall–Kier alpha value is -3.33. The van der Waals surface area contributed by atoms with E-state index >= 15 is 0 Å². The van der Waals surface area contributed by atoms with E-state index in [4.69, 9.17) is 5.26 Å². The van der Waals surface area contributed by atoms with E-state index in [1.807, 2.05) is 6.07 Å². The molecule has 0 aromatic heterocycles. The summed E-state index contributed by atoms with van der Waals surface area (Å²) in [7, 11) is 0. The number of nitrogens with zero attached hydrogens (tertiary/aromatic N) is 1. The highest BCUT2D eigenvalue weighted by molar-refractivity contribution is 5.97. The highest BCUT2D eigenvalue weighted by atomic mass is 16.2. The zero-order chi connectivity index (χ0) is 17.5. The quantitative estimate of drug-likeness (QED) is 0.789. The van der Waals surface area contributed by atoms with Crippen LogP contribution in [0.2, 0.25) is 0 Å². The van der Waals surface area contributed by atoms with Gasteiger partial charge in [-0.15, -0.1) is 0 Å². The predicted molar refractivity (Wildman–Crippen MR) is 93.6 cm³/mol. The van der Waals surface area contributed by atoms with Gasteiger partial charge in [0, 0.05) is 18.3 Å². The lowest BCUT2D eigenvalue weighted by Crippen LogP contribution is -2.32. The first-order valence-electron chi connectivity index (χ1n) is 7.44. The Morgan fingerprint density at radius 2 is 1.62 bits per heavy atom. The Kier molecular flexibility index (Phi) is 5.53. The Balaban J connectivity index is 1.99. The summed E-state index contributed by atoms with van der Waals surface area (Å²) >= 11 is 0. The van der Waals surface area contributed by atoms with Gasteiger partial charge in [-0.3, -0.25) is 9.59 Å². The molecule has 0 heterocycles. The normalized spacial score (nSPS) is 11.0. The number of carbonyl (C=O) groups excluding carboxylic acids is 2. The molecule has 1 unspecified atom stereocenters. The average Bonchev–Trinajstić information content (AvgIpc) is 2.56. The first kappa shape index (κ1) is 17.0. The molecule has 6 heteroatoms. The van der Waals surface area contributed by atoms with Crippen LogP contribution in [0.25, 0.3) is 0 Å². The maximum Gasteiger partial charge on any atom is 0.246 e. The highest BCUT2D eigenvalue weighted by Crippen LogP contribution is 2.16. The zero-order valence-corrected chi connectivity index (χ0v) is 13.5. The topological polar surface area (TPSA) is 94.0 Å². The van der Waals surface area contributed by atoms with Gasteiger partial charge in [-0.05, 0) is 43.3 Å². The van der Waals surface area contributed by atoms with Crippen molar-refractivity contribution in [2.75, 3.05) is 16.0 Å². The molecule has 0 saturated carbocycles. The molecule has 2 aromatic carbocycles. The van der Waals surface area contributed by atoms with Crippen LogP contribution in [-0.4, -0.2) is 17.9 Å². The Bertz CT molecular complexity index is 778. The van der Waals surface area contributed by atoms with Gasteiger partial charge in [-0.1, -0.05) is 12.1 Å². The van der Waals surface area contributed by atoms with Crippen molar-refractivity contribution in [3.05, 3.63) is 54.1 Å². The van der Waals surface area contributed by atoms with E-state index < -0.39 is 6.04 Å². The van der Waals surface area contributed by atoms with E-state index in [9.17, 15) is 9.59 Å². The third-order valence-electron chi connectivity index (χ3n) is 3.29. The van der Waals surface area contributed by atoms with E-state index in [1.165, 1.54) is 6.92 Å². The number of nitriles is 1. The third-order valence-corrected chi connectivity index (χ3v) is 3.29. The summed E-state index contributed by atoms with van der Waals surface area (Å²) in [6.07, 6.45) is 0. The standard InChI is InChI=1S/C18H18N4O2/c1-12(18(24)22-17-6-4-3-5-14(17)11-19)20-15-7-9-16(10-8-15)21-13(2)23/h3-10,12,20H,1-2H3,(H,21,23)(H,22,24). The minimum Gasteiger partial charge on any atom is -0.374 e. The molecular weight excluding hydrogens is 304 g/mol. The maximum absolute atomic E-state index is 12.3. The molecule has 2 aromatic rings. The molecule has 2 amide bonds. The van der Waals surface area contributed by atoms with Gasteiger partial charge >= 0.3 is 0 Å². The minimum absolute atomic E-state index is 0.139. The Morgan fingerprint density at radius 1 is 1.00 bits per heavy atom. The number of rotatable bonds is 5. The van der Waals surface area contributed by atoms with Crippen molar-refractivity contribution in [1.82, 2.24) is 0 Å². The van der Waals surface area contributed by atoms with Crippen LogP contribution in [0, 0.1) is 11.3 Å². The molecule has 0 spiro atoms. The predicted octanol–water partition coefficient (Wildman–Crippen LogP) is 2.96. The monoisotopic (exact) mass is 322 g/mol. The number of amides is 2. The molecule has 2 rings (SSSR count). The highest BCUT2D eigenvalue weighted by Gasteiger charge is 2.14. The minimum atomic E-state index is -0.497. The second kappa shape index (κ2) is 7.79. The van der Waals surface area contributed by atoms with Gasteiger partial charge in [0.25, 0.3) is 0 Å². The van der Waals surface area contributed by atoms with Gasteiger partial charge in [-0.25, -0.2) is 0 Å². The Morgan fingerprint density at radius 3 is 2.25 bits per heavy atom. The molecule has 0 aliphatic carbocycles. The molecule has 0 fully saturated rings. The SMILES string of the molecule is CC(=O)Nc1ccc(NC(C)C(=O)Nc2ccccc2C#N)cc1. The van der Waals surface area contributed by atoms with E-state index in [2.05, 4.69) is 16.0 Å². The first-order chi connectivity index (χ1) is 11.5. The van der Waals surface area contributed by atoms with E-state index in [0.717, 1.165) is 5.69 Å². The van der Waals surface area contributed by atoms with Crippen molar-refractivity contribution in [3.8, 4) is 6.07 Å². The molecule has 24 heavy (non-hydrogen) atoms. The molecule has 3 N–H and O–H groups in total. The average molecular weight is 322 g/mol. The number of carbonyl (C=O) groups is 2. The lowest BCUT2D eigenvalue weighted by molar-refractivity contribution is -0.116. The van der Waals surface area contributed by atoms with Gasteiger partial charge in [0.15, 0.2) is 0 Å². The van der Waals surface area contributed by atoms with Crippen LogP contribution in [-0.2, 0) is 9.59 Å². The third kappa shape index (κ3) is 4.58. The molecule has 0 bridgehead atoms. The fourth-order valence-corrected chi connectivity index (χ4v) is 2.10. The molecule has 6 nitrogen and oxygen atoms in total. The molecule has 0 saturated heterocycles. The van der Waals surface area contributed by atoms with Gasteiger partial charge in [-0.2, -0.15) is 5.26 Å². The van der Waals surface area contributed by atoms with Gasteiger partial charge < -0.3 is 16.0 Å². The van der Waals surface area contributed by atoms with Crippen LogP contribution in [0.4, 0.5) is 17.1 Å². The van der Waals surface area contributed by atoms with E-state index in [1.54, 1.807) is 55.5 Å². The number of benzene rings is 2. The van der Waals surface area contributed by atoms with Crippen LogP contribution < -0.4 is 16.0 Å². The summed E-state index contributed by atoms with van der Waals surface area (Å²) in [5, 5.41) is 17.5. The smallest absolute Gasteiger partial charge is 0.246 e. The fourth-order valence-electron chi connectivity index (χ4n) is 2.10. The van der Waals surface area contributed by atoms with Crippen molar-refractivity contribution >= 4 is 28.9 Å². The summed E-state index contributed by atoms with van der Waals surface area (Å²) in [5.74, 6) is -0.386. The van der Waals surface area contributed by atoms with Gasteiger partial charge in [0.2, 0.25) is 11.8 Å². The van der Waals surface area contributed by atoms with Crippen LogP contribution in [0.15, 0.2) is 48.5 Å². The van der Waals surface area contributed by atoms with Gasteiger partial charge in [0.05, 0.1) is 11.3 Å². The summed E-state index contributed by atoms with van der Waals surface area (Å²) in [5.41, 5.74) is 2.34. The molecule has 1 atom stereocenters. The molecular formula is C18H18N4O2. The zero-order valence-electron chi connectivity index (χ0n) is 13.5. The molecule has 0 aliphatic heterocycles. The van der Waals surface area contributed by atoms with Crippen molar-refractivity contribution in [2.45, 2.75) is 19.9 Å². The van der Waals surface area contributed by atoms with Gasteiger partial charge in [0.1, 0.15) is 12.1 Å². The van der Waals surface area contributed by atoms with Crippen LogP contribution in [0.3, 0.4) is 0 Å². The van der Waals surface area contributed by atoms with E-state index in [0.29, 0.717) is 16.9 Å². The molecule has 0 radical (unpaired) electrons. The number of nitrogens with one attached hydrogen (secondary N) is 3. The summed E-state index contributed by atoms with van der Waals surface area (Å²) in [6, 6.07) is 15.4. The summed E-state index contributed by atoms with van der Waals surface area (Å²) < 4.78 is 0. The largest absolute Gasteiger partial charge is 0.374 e. The molecule has 122 valence electrons. The second-order valence-electron chi connectivity index (χ2n) is 5.27. The first-order valence-corrected chi connectivity index (χ1v) is 7.44. The Labute approximate surface area is 140 Å². The van der Waals surface area contributed by atoms with Crippen LogP contribution >= 0.6 is 0 Å². The van der Waals surface area contributed by atoms with Crippen LogP contribution in [0.1, 0.15) is 19.4 Å². The van der Waals surface area contributed by atoms with Crippen molar-refractivity contribution < 1.29 is 9.59 Å². The lowest BCUT2D eigenvalue weighted by atomic mass is 10.2. The van der Waals surface area contributed by atoms with Crippen molar-refractivity contribution in [2.24, 2.45) is 0 Å². The van der Waals surface area contributed by atoms with E-state index in [-0.39, 0.29) is 11.8 Å². The lowest BCUT2D eigenvalue weighted by Gasteiger charge is -2.16. The number of anilines is 3. The summed E-state index contributed by atoms with van der Waals surface area (Å²) in [4.78, 5) is 23.2. The van der Waals surface area contributed by atoms with Crippen molar-refractivity contribution in [1.29, 1.82) is 5.26 Å². The summed E-state index contributed by atoms with van der Waals surface area (Å²) in [6.45, 7) is 3.17. The second-order valence-corrected chi connectivity index (χ2v) is 5.27. The maximum atomic E-state index is 12.3. The van der Waals surface area contributed by atoms with Crippen LogP contribution in [0.5, 0.6) is 0 Å². The number of hydrogen-bond donors (Lipinski definition) is 3. The number of para-hydroxylation sites is 1. The number of hydrogen-bond acceptors (Lipinski definition) is 4. The van der Waals surface area contributed by atoms with Crippen molar-refractivity contribution in [3.63, 3.8) is 0 Å². The molecule has 0 aliphatic rings.